The van der Waals surface area contributed by atoms with Crippen LogP contribution in [0.4, 0.5) is 4.39 Å². The second-order valence-corrected chi connectivity index (χ2v) is 7.12. The quantitative estimate of drug-likeness (QED) is 0.834. The molecule has 25 heavy (non-hydrogen) atoms. The maximum atomic E-state index is 12.9. The van der Waals surface area contributed by atoms with E-state index in [1.165, 1.54) is 12.1 Å². The molecule has 0 spiro atoms. The summed E-state index contributed by atoms with van der Waals surface area (Å²) in [6.07, 6.45) is 1.000. The number of nitrogens with zero attached hydrogens (tertiary/aromatic N) is 2. The van der Waals surface area contributed by atoms with Crippen LogP contribution in [0, 0.1) is 11.7 Å². The molecule has 5 nitrogen and oxygen atoms in total. The number of carbonyl (C=O) groups is 2. The van der Waals surface area contributed by atoms with Crippen molar-refractivity contribution in [3.63, 3.8) is 0 Å². The highest BCUT2D eigenvalue weighted by atomic mass is 19.1. The lowest BCUT2D eigenvalue weighted by molar-refractivity contribution is -0.147. The third kappa shape index (κ3) is 4.37. The van der Waals surface area contributed by atoms with E-state index in [2.05, 4.69) is 0 Å². The summed E-state index contributed by atoms with van der Waals surface area (Å²) in [6.45, 7) is 6.13. The number of ether oxygens (including phenoxy) is 1. The van der Waals surface area contributed by atoms with Gasteiger partial charge in [0.15, 0.2) is 0 Å². The van der Waals surface area contributed by atoms with Crippen molar-refractivity contribution >= 4 is 11.8 Å². The number of hydrogen-bond acceptors (Lipinski definition) is 3. The SMILES string of the molecule is C[C@@H]1CN(C(=O)[C@@H]2CC(=O)N(CCc3ccc(F)cc3)C2)C[C@H](C)O1. The fraction of sp³-hybridized carbons (Fsp3) is 0.579. The van der Waals surface area contributed by atoms with Gasteiger partial charge in [0.1, 0.15) is 5.82 Å². The summed E-state index contributed by atoms with van der Waals surface area (Å²) in [5, 5.41) is 0. The molecule has 0 unspecified atom stereocenters. The molecule has 3 atom stereocenters. The first-order valence-corrected chi connectivity index (χ1v) is 8.89. The summed E-state index contributed by atoms with van der Waals surface area (Å²) < 4.78 is 18.6. The predicted octanol–water partition coefficient (Wildman–Crippen LogP) is 1.85. The van der Waals surface area contributed by atoms with Crippen LogP contribution in [0.1, 0.15) is 25.8 Å². The number of carbonyl (C=O) groups excluding carboxylic acids is 2. The van der Waals surface area contributed by atoms with Gasteiger partial charge in [0.2, 0.25) is 11.8 Å². The number of likely N-dealkylation sites (tertiary alicyclic amines) is 1. The number of morpholine rings is 1. The average molecular weight is 348 g/mol. The van der Waals surface area contributed by atoms with Crippen LogP contribution >= 0.6 is 0 Å². The minimum atomic E-state index is -0.266. The lowest BCUT2D eigenvalue weighted by Gasteiger charge is -2.36. The van der Waals surface area contributed by atoms with E-state index in [-0.39, 0.29) is 42.2 Å². The van der Waals surface area contributed by atoms with Crippen molar-refractivity contribution in [3.8, 4) is 0 Å². The predicted molar refractivity (Wildman–Crippen MR) is 91.4 cm³/mol. The van der Waals surface area contributed by atoms with Gasteiger partial charge in [-0.3, -0.25) is 9.59 Å². The van der Waals surface area contributed by atoms with Crippen molar-refractivity contribution in [2.75, 3.05) is 26.2 Å². The maximum absolute atomic E-state index is 12.9. The fourth-order valence-electron chi connectivity index (χ4n) is 3.68. The van der Waals surface area contributed by atoms with Crippen molar-refractivity contribution in [2.24, 2.45) is 5.92 Å². The largest absolute Gasteiger partial charge is 0.372 e. The minimum Gasteiger partial charge on any atom is -0.372 e. The molecule has 0 saturated carbocycles. The summed E-state index contributed by atoms with van der Waals surface area (Å²) in [5.41, 5.74) is 0.986. The Labute approximate surface area is 147 Å². The summed E-state index contributed by atoms with van der Waals surface area (Å²) >= 11 is 0. The van der Waals surface area contributed by atoms with Crippen molar-refractivity contribution in [1.82, 2.24) is 9.80 Å². The van der Waals surface area contributed by atoms with Gasteiger partial charge in [-0.25, -0.2) is 4.39 Å². The molecule has 0 aliphatic carbocycles. The molecule has 0 N–H and O–H groups in total. The monoisotopic (exact) mass is 348 g/mol. The molecular weight excluding hydrogens is 323 g/mol. The van der Waals surface area contributed by atoms with E-state index >= 15 is 0 Å². The summed E-state index contributed by atoms with van der Waals surface area (Å²) in [5.74, 6) is -0.451. The Morgan fingerprint density at radius 2 is 1.80 bits per heavy atom. The second kappa shape index (κ2) is 7.52. The molecule has 2 heterocycles. The molecule has 3 rings (SSSR count). The number of halogens is 1. The molecule has 2 saturated heterocycles. The van der Waals surface area contributed by atoms with E-state index in [0.717, 1.165) is 5.56 Å². The van der Waals surface area contributed by atoms with Crippen molar-refractivity contribution in [3.05, 3.63) is 35.6 Å². The van der Waals surface area contributed by atoms with Crippen LogP contribution in [-0.4, -0.2) is 60.0 Å². The van der Waals surface area contributed by atoms with Crippen molar-refractivity contribution < 1.29 is 18.7 Å². The van der Waals surface area contributed by atoms with Crippen LogP contribution in [0.2, 0.25) is 0 Å². The molecule has 2 aliphatic heterocycles. The Kier molecular flexibility index (Phi) is 5.37. The average Bonchev–Trinajstić information content (AvgIpc) is 2.93. The minimum absolute atomic E-state index is 0.0230. The Bertz CT molecular complexity index is 624. The highest BCUT2D eigenvalue weighted by Gasteiger charge is 2.38. The first-order chi connectivity index (χ1) is 11.9. The summed E-state index contributed by atoms with van der Waals surface area (Å²) in [6, 6.07) is 6.31. The van der Waals surface area contributed by atoms with Gasteiger partial charge in [-0.1, -0.05) is 12.1 Å². The smallest absolute Gasteiger partial charge is 0.228 e. The zero-order chi connectivity index (χ0) is 18.0. The third-order valence-electron chi connectivity index (χ3n) is 4.88. The lowest BCUT2D eigenvalue weighted by Crippen LogP contribution is -2.50. The van der Waals surface area contributed by atoms with Crippen LogP contribution in [0.25, 0.3) is 0 Å². The second-order valence-electron chi connectivity index (χ2n) is 7.12. The van der Waals surface area contributed by atoms with E-state index < -0.39 is 0 Å². The van der Waals surface area contributed by atoms with Gasteiger partial charge in [0, 0.05) is 32.6 Å². The van der Waals surface area contributed by atoms with Gasteiger partial charge in [0.05, 0.1) is 18.1 Å². The van der Waals surface area contributed by atoms with Gasteiger partial charge >= 0.3 is 0 Å². The summed E-state index contributed by atoms with van der Waals surface area (Å²) in [4.78, 5) is 28.6. The Hall–Kier alpha value is -1.95. The van der Waals surface area contributed by atoms with Crippen LogP contribution < -0.4 is 0 Å². The molecule has 136 valence electrons. The molecule has 1 aromatic rings. The van der Waals surface area contributed by atoms with Gasteiger partial charge in [0.25, 0.3) is 0 Å². The zero-order valence-electron chi connectivity index (χ0n) is 14.8. The molecule has 2 fully saturated rings. The first-order valence-electron chi connectivity index (χ1n) is 8.89. The molecule has 0 bridgehead atoms. The van der Waals surface area contributed by atoms with Crippen molar-refractivity contribution in [1.29, 1.82) is 0 Å². The molecule has 0 radical (unpaired) electrons. The van der Waals surface area contributed by atoms with Crippen LogP contribution in [-0.2, 0) is 20.7 Å². The number of rotatable bonds is 4. The highest BCUT2D eigenvalue weighted by Crippen LogP contribution is 2.23. The van der Waals surface area contributed by atoms with E-state index in [4.69, 9.17) is 4.74 Å². The van der Waals surface area contributed by atoms with Gasteiger partial charge in [-0.05, 0) is 38.0 Å². The molecule has 2 amide bonds. The molecule has 2 aliphatic rings. The highest BCUT2D eigenvalue weighted by molar-refractivity contribution is 5.89. The Morgan fingerprint density at radius 3 is 2.44 bits per heavy atom. The number of amides is 2. The van der Waals surface area contributed by atoms with Crippen LogP contribution in [0.15, 0.2) is 24.3 Å². The third-order valence-corrected chi connectivity index (χ3v) is 4.88. The molecular formula is C19H25FN2O3. The molecule has 1 aromatic carbocycles. The van der Waals surface area contributed by atoms with Crippen molar-refractivity contribution in [2.45, 2.75) is 38.9 Å². The van der Waals surface area contributed by atoms with E-state index in [1.807, 2.05) is 18.7 Å². The van der Waals surface area contributed by atoms with Gasteiger partial charge in [-0.2, -0.15) is 0 Å². The first kappa shape index (κ1) is 17.9. The Balaban J connectivity index is 1.54. The molecule has 0 aromatic heterocycles. The van der Waals surface area contributed by atoms with Crippen LogP contribution in [0.5, 0.6) is 0 Å². The fourth-order valence-corrected chi connectivity index (χ4v) is 3.68. The normalized spacial score (nSPS) is 27.0. The lowest BCUT2D eigenvalue weighted by atomic mass is 10.1. The zero-order valence-corrected chi connectivity index (χ0v) is 14.8. The Morgan fingerprint density at radius 1 is 1.16 bits per heavy atom. The van der Waals surface area contributed by atoms with E-state index in [9.17, 15) is 14.0 Å². The van der Waals surface area contributed by atoms with Gasteiger partial charge in [-0.15, -0.1) is 0 Å². The standard InChI is InChI=1S/C19H25FN2O3/c1-13-10-22(11-14(2)25-13)19(24)16-9-18(23)21(12-16)8-7-15-3-5-17(20)6-4-15/h3-6,13-14,16H,7-12H2,1-2H3/t13-,14+,16-/m1/s1. The maximum Gasteiger partial charge on any atom is 0.228 e. The molecule has 6 heteroatoms. The summed E-state index contributed by atoms with van der Waals surface area (Å²) in [7, 11) is 0. The number of benzene rings is 1. The van der Waals surface area contributed by atoms with E-state index in [1.54, 1.807) is 17.0 Å². The van der Waals surface area contributed by atoms with Crippen LogP contribution in [0.3, 0.4) is 0 Å². The van der Waals surface area contributed by atoms with Gasteiger partial charge < -0.3 is 14.5 Å². The topological polar surface area (TPSA) is 49.9 Å². The number of hydrogen-bond donors (Lipinski definition) is 0. The van der Waals surface area contributed by atoms with E-state index in [0.29, 0.717) is 32.6 Å².